The molecule has 3 aliphatic rings. The maximum atomic E-state index is 12.8. The quantitative estimate of drug-likeness (QED) is 0.878. The van der Waals surface area contributed by atoms with Gasteiger partial charge in [-0.3, -0.25) is 9.59 Å². The van der Waals surface area contributed by atoms with Crippen LogP contribution in [0, 0.1) is 5.41 Å². The lowest BCUT2D eigenvalue weighted by Gasteiger charge is -2.41. The van der Waals surface area contributed by atoms with Crippen LogP contribution >= 0.6 is 0 Å². The van der Waals surface area contributed by atoms with Crippen molar-refractivity contribution in [2.75, 3.05) is 6.61 Å². The SMILES string of the molecule is CCC(NC(=O)C12CC(C(=O)O)(CO1)C2)c1cccc2ccccc12. The van der Waals surface area contributed by atoms with Crippen molar-refractivity contribution in [3.05, 3.63) is 48.0 Å². The van der Waals surface area contributed by atoms with Crippen LogP contribution in [-0.4, -0.2) is 29.2 Å². The standard InChI is InChI=1S/C20H21NO4/c1-2-16(15-9-5-7-13-6-3-4-8-14(13)15)21-17(22)20-10-19(11-20,12-25-20)18(23)24/h3-9,16H,2,10-12H2,1H3,(H,21,22)(H,23,24). The molecule has 2 N–H and O–H groups in total. The van der Waals surface area contributed by atoms with E-state index < -0.39 is 17.0 Å². The Bertz CT molecular complexity index is 848. The fraction of sp³-hybridized carbons (Fsp3) is 0.400. The molecule has 1 unspecified atom stereocenters. The van der Waals surface area contributed by atoms with E-state index in [0.29, 0.717) is 0 Å². The lowest BCUT2D eigenvalue weighted by atomic mass is 9.62. The number of aliphatic carboxylic acids is 1. The highest BCUT2D eigenvalue weighted by molar-refractivity contribution is 5.93. The Morgan fingerprint density at radius 1 is 1.20 bits per heavy atom. The summed E-state index contributed by atoms with van der Waals surface area (Å²) in [6, 6.07) is 14.1. The molecule has 5 nitrogen and oxygen atoms in total. The number of carboxylic acids is 1. The van der Waals surface area contributed by atoms with E-state index in [0.717, 1.165) is 22.8 Å². The first kappa shape index (κ1) is 16.1. The highest BCUT2D eigenvalue weighted by Gasteiger charge is 2.70. The molecular weight excluding hydrogens is 318 g/mol. The predicted octanol–water partition coefficient (Wildman–Crippen LogP) is 3.04. The number of benzene rings is 2. The number of amides is 1. The number of ether oxygens (including phenoxy) is 1. The zero-order chi connectivity index (χ0) is 17.7. The maximum absolute atomic E-state index is 12.8. The van der Waals surface area contributed by atoms with Crippen molar-refractivity contribution in [3.8, 4) is 0 Å². The molecule has 2 aromatic rings. The molecule has 2 aliphatic heterocycles. The van der Waals surface area contributed by atoms with Crippen LogP contribution in [0.4, 0.5) is 0 Å². The van der Waals surface area contributed by atoms with E-state index in [1.54, 1.807) is 0 Å². The Morgan fingerprint density at radius 2 is 1.92 bits per heavy atom. The van der Waals surface area contributed by atoms with Gasteiger partial charge in [0.25, 0.3) is 5.91 Å². The zero-order valence-corrected chi connectivity index (χ0v) is 14.1. The molecule has 5 heteroatoms. The predicted molar refractivity (Wildman–Crippen MR) is 93.1 cm³/mol. The van der Waals surface area contributed by atoms with Gasteiger partial charge in [0.2, 0.25) is 0 Å². The van der Waals surface area contributed by atoms with Gasteiger partial charge in [-0.15, -0.1) is 0 Å². The topological polar surface area (TPSA) is 75.6 Å². The number of hydrogen-bond donors (Lipinski definition) is 2. The first-order valence-electron chi connectivity index (χ1n) is 8.66. The van der Waals surface area contributed by atoms with Gasteiger partial charge < -0.3 is 15.2 Å². The normalized spacial score (nSPS) is 28.4. The van der Waals surface area contributed by atoms with Crippen LogP contribution in [0.3, 0.4) is 0 Å². The van der Waals surface area contributed by atoms with Gasteiger partial charge in [0.1, 0.15) is 5.60 Å². The molecule has 25 heavy (non-hydrogen) atoms. The molecule has 1 atom stereocenters. The molecule has 2 saturated heterocycles. The van der Waals surface area contributed by atoms with Crippen LogP contribution < -0.4 is 5.32 Å². The molecule has 0 aromatic heterocycles. The summed E-state index contributed by atoms with van der Waals surface area (Å²) in [5.74, 6) is -1.06. The van der Waals surface area contributed by atoms with Gasteiger partial charge in [0.05, 0.1) is 18.1 Å². The van der Waals surface area contributed by atoms with Crippen LogP contribution in [0.2, 0.25) is 0 Å². The van der Waals surface area contributed by atoms with Gasteiger partial charge in [-0.25, -0.2) is 0 Å². The monoisotopic (exact) mass is 339 g/mol. The number of carbonyl (C=O) groups is 2. The van der Waals surface area contributed by atoms with E-state index in [9.17, 15) is 14.7 Å². The van der Waals surface area contributed by atoms with Crippen LogP contribution in [0.1, 0.15) is 37.8 Å². The number of carbonyl (C=O) groups excluding carboxylic acids is 1. The van der Waals surface area contributed by atoms with Gasteiger partial charge in [-0.05, 0) is 22.8 Å². The van der Waals surface area contributed by atoms with E-state index in [1.807, 2.05) is 31.2 Å². The molecule has 1 amide bonds. The average Bonchev–Trinajstić information content (AvgIpc) is 3.17. The van der Waals surface area contributed by atoms with Gasteiger partial charge in [0, 0.05) is 12.8 Å². The number of carboxylic acid groups (broad SMARTS) is 1. The summed E-state index contributed by atoms with van der Waals surface area (Å²) in [6.07, 6.45) is 1.29. The summed E-state index contributed by atoms with van der Waals surface area (Å²) in [4.78, 5) is 24.2. The van der Waals surface area contributed by atoms with Crippen LogP contribution in [-0.2, 0) is 14.3 Å². The van der Waals surface area contributed by atoms with E-state index in [2.05, 4.69) is 23.5 Å². The molecule has 2 bridgehead atoms. The third kappa shape index (κ3) is 2.34. The Kier molecular flexibility index (Phi) is 3.58. The Balaban J connectivity index is 1.57. The second-order valence-corrected chi connectivity index (χ2v) is 7.22. The summed E-state index contributed by atoms with van der Waals surface area (Å²) in [6.45, 7) is 2.16. The smallest absolute Gasteiger partial charge is 0.312 e. The second kappa shape index (κ2) is 5.56. The number of hydrogen-bond acceptors (Lipinski definition) is 3. The summed E-state index contributed by atoms with van der Waals surface area (Å²) in [5, 5.41) is 14.7. The molecule has 130 valence electrons. The fourth-order valence-electron chi connectivity index (χ4n) is 4.20. The minimum atomic E-state index is -0.962. The number of rotatable bonds is 5. The Hall–Kier alpha value is -2.40. The molecule has 1 saturated carbocycles. The summed E-state index contributed by atoms with van der Waals surface area (Å²) in [7, 11) is 0. The summed E-state index contributed by atoms with van der Waals surface area (Å²) in [5.41, 5.74) is -0.748. The largest absolute Gasteiger partial charge is 0.481 e. The van der Waals surface area contributed by atoms with Gasteiger partial charge >= 0.3 is 5.97 Å². The Morgan fingerprint density at radius 3 is 2.60 bits per heavy atom. The van der Waals surface area contributed by atoms with Crippen molar-refractivity contribution in [2.24, 2.45) is 5.41 Å². The first-order chi connectivity index (χ1) is 12.0. The molecule has 0 spiro atoms. The first-order valence-corrected chi connectivity index (χ1v) is 8.66. The molecule has 5 rings (SSSR count). The highest BCUT2D eigenvalue weighted by atomic mass is 16.5. The van der Waals surface area contributed by atoms with Crippen molar-refractivity contribution in [3.63, 3.8) is 0 Å². The van der Waals surface area contributed by atoms with Crippen molar-refractivity contribution in [1.82, 2.24) is 5.32 Å². The minimum Gasteiger partial charge on any atom is -0.481 e. The maximum Gasteiger partial charge on any atom is 0.312 e. The van der Waals surface area contributed by atoms with E-state index in [4.69, 9.17) is 4.74 Å². The molecular formula is C20H21NO4. The van der Waals surface area contributed by atoms with Crippen molar-refractivity contribution < 1.29 is 19.4 Å². The molecule has 2 aromatic carbocycles. The third-order valence-corrected chi connectivity index (χ3v) is 5.65. The average molecular weight is 339 g/mol. The van der Waals surface area contributed by atoms with Gasteiger partial charge in [0.15, 0.2) is 0 Å². The van der Waals surface area contributed by atoms with Crippen LogP contribution in [0.15, 0.2) is 42.5 Å². The zero-order valence-electron chi connectivity index (χ0n) is 14.1. The van der Waals surface area contributed by atoms with Crippen molar-refractivity contribution >= 4 is 22.6 Å². The highest BCUT2D eigenvalue weighted by Crippen LogP contribution is 2.58. The summed E-state index contributed by atoms with van der Waals surface area (Å²) < 4.78 is 5.62. The van der Waals surface area contributed by atoms with E-state index in [-0.39, 0.29) is 31.4 Å². The van der Waals surface area contributed by atoms with Crippen LogP contribution in [0.25, 0.3) is 10.8 Å². The molecule has 3 fully saturated rings. The Labute approximate surface area is 146 Å². The van der Waals surface area contributed by atoms with Crippen molar-refractivity contribution in [1.29, 1.82) is 0 Å². The molecule has 0 radical (unpaired) electrons. The summed E-state index contributed by atoms with van der Waals surface area (Å²) >= 11 is 0. The molecule has 1 aliphatic carbocycles. The fourth-order valence-corrected chi connectivity index (χ4v) is 4.20. The number of nitrogens with one attached hydrogen (secondary N) is 1. The minimum absolute atomic E-state index is 0.126. The number of fused-ring (bicyclic) bond motifs is 2. The molecule has 2 heterocycles. The third-order valence-electron chi connectivity index (χ3n) is 5.65. The van der Waals surface area contributed by atoms with E-state index in [1.165, 1.54) is 0 Å². The van der Waals surface area contributed by atoms with E-state index >= 15 is 0 Å². The van der Waals surface area contributed by atoms with Gasteiger partial charge in [-0.2, -0.15) is 0 Å². The lowest BCUT2D eigenvalue weighted by molar-refractivity contribution is -0.159. The second-order valence-electron chi connectivity index (χ2n) is 7.22. The van der Waals surface area contributed by atoms with Gasteiger partial charge in [-0.1, -0.05) is 49.4 Å². The lowest BCUT2D eigenvalue weighted by Crippen LogP contribution is -2.57. The van der Waals surface area contributed by atoms with Crippen LogP contribution in [0.5, 0.6) is 0 Å². The van der Waals surface area contributed by atoms with Crippen molar-refractivity contribution in [2.45, 2.75) is 37.8 Å².